The van der Waals surface area contributed by atoms with Crippen LogP contribution in [0.1, 0.15) is 13.3 Å². The molecule has 0 aromatic rings. The number of carbonyl (C=O) groups excluding carboxylic acids is 1. The van der Waals surface area contributed by atoms with Crippen molar-refractivity contribution in [2.75, 3.05) is 31.1 Å². The average molecular weight is 395 g/mol. The number of thioether (sulfide) groups is 2. The van der Waals surface area contributed by atoms with Gasteiger partial charge in [0.15, 0.2) is 0 Å². The summed E-state index contributed by atoms with van der Waals surface area (Å²) in [4.78, 5) is 16.4. The molecule has 2 heterocycles. The number of likely N-dealkylation sites (N-methyl/N-ethyl adjacent to an activating group) is 1. The van der Waals surface area contributed by atoms with E-state index in [2.05, 4.69) is 4.90 Å². The van der Waals surface area contributed by atoms with Crippen LogP contribution in [-0.2, 0) is 14.9 Å². The van der Waals surface area contributed by atoms with Crippen molar-refractivity contribution in [1.82, 2.24) is 9.80 Å². The highest BCUT2D eigenvalue weighted by atomic mass is 32.2. The first kappa shape index (κ1) is 18.8. The number of carbonyl (C=O) groups is 1. The van der Waals surface area contributed by atoms with Crippen molar-refractivity contribution in [2.24, 2.45) is 0 Å². The fraction of sp³-hybridized carbons (Fsp3) is 0.538. The molecule has 0 radical (unpaired) electrons. The SMILES string of the molecule is CCN1C(=O)C(=CC=C2SCCN2CCCS(=O)(=O)O)SC1=S. The summed E-state index contributed by atoms with van der Waals surface area (Å²) in [5.74, 6) is 0.609. The van der Waals surface area contributed by atoms with Gasteiger partial charge in [0.2, 0.25) is 0 Å². The summed E-state index contributed by atoms with van der Waals surface area (Å²) in [6, 6.07) is 0. The Morgan fingerprint density at radius 2 is 2.13 bits per heavy atom. The van der Waals surface area contributed by atoms with Crippen molar-refractivity contribution in [2.45, 2.75) is 13.3 Å². The molecular weight excluding hydrogens is 376 g/mol. The van der Waals surface area contributed by atoms with Gasteiger partial charge in [-0.25, -0.2) is 0 Å². The largest absolute Gasteiger partial charge is 0.366 e. The standard InChI is InChI=1S/C13H18N2O4S4/c1-2-15-12(16)10(22-13(15)20)4-5-11-14(7-8-21-11)6-3-9-23(17,18)19/h4-5H,2-3,6-9H2,1H3,(H,17,18,19). The summed E-state index contributed by atoms with van der Waals surface area (Å²) in [6.07, 6.45) is 4.03. The van der Waals surface area contributed by atoms with E-state index in [4.69, 9.17) is 16.8 Å². The normalized spacial score (nSPS) is 22.9. The lowest BCUT2D eigenvalue weighted by Gasteiger charge is -2.18. The summed E-state index contributed by atoms with van der Waals surface area (Å²) in [7, 11) is -3.91. The molecule has 2 rings (SSSR count). The van der Waals surface area contributed by atoms with E-state index in [1.807, 2.05) is 13.0 Å². The maximum Gasteiger partial charge on any atom is 0.266 e. The minimum Gasteiger partial charge on any atom is -0.366 e. The molecule has 0 saturated carbocycles. The van der Waals surface area contributed by atoms with Gasteiger partial charge >= 0.3 is 0 Å². The van der Waals surface area contributed by atoms with Gasteiger partial charge in [-0.3, -0.25) is 14.2 Å². The molecule has 1 N–H and O–H groups in total. The molecule has 23 heavy (non-hydrogen) atoms. The molecule has 6 nitrogen and oxygen atoms in total. The lowest BCUT2D eigenvalue weighted by Crippen LogP contribution is -2.27. The Morgan fingerprint density at radius 1 is 1.39 bits per heavy atom. The van der Waals surface area contributed by atoms with Crippen molar-refractivity contribution in [3.63, 3.8) is 0 Å². The van der Waals surface area contributed by atoms with E-state index in [1.165, 1.54) is 11.8 Å². The fourth-order valence-corrected chi connectivity index (χ4v) is 5.08. The molecule has 0 bridgehead atoms. The second-order valence-electron chi connectivity index (χ2n) is 4.93. The Labute approximate surface area is 150 Å². The topological polar surface area (TPSA) is 77.9 Å². The fourth-order valence-electron chi connectivity index (χ4n) is 2.21. The molecule has 2 saturated heterocycles. The summed E-state index contributed by atoms with van der Waals surface area (Å²) in [5.41, 5.74) is 0. The molecule has 0 spiro atoms. The van der Waals surface area contributed by atoms with Crippen LogP contribution in [0, 0.1) is 0 Å². The molecule has 128 valence electrons. The average Bonchev–Trinajstić information content (AvgIpc) is 3.00. The van der Waals surface area contributed by atoms with Gasteiger partial charge in [0, 0.05) is 25.4 Å². The number of rotatable bonds is 6. The van der Waals surface area contributed by atoms with Gasteiger partial charge in [0.05, 0.1) is 15.7 Å². The molecule has 0 aliphatic carbocycles. The van der Waals surface area contributed by atoms with E-state index in [9.17, 15) is 13.2 Å². The molecular formula is C13H18N2O4S4. The predicted molar refractivity (Wildman–Crippen MR) is 98.8 cm³/mol. The molecule has 0 aromatic heterocycles. The van der Waals surface area contributed by atoms with Gasteiger partial charge in [0.1, 0.15) is 4.32 Å². The van der Waals surface area contributed by atoms with E-state index in [-0.39, 0.29) is 11.7 Å². The second kappa shape index (κ2) is 8.02. The lowest BCUT2D eigenvalue weighted by atomic mass is 10.4. The van der Waals surface area contributed by atoms with Crippen LogP contribution < -0.4 is 0 Å². The van der Waals surface area contributed by atoms with E-state index in [1.54, 1.807) is 22.7 Å². The van der Waals surface area contributed by atoms with Crippen LogP contribution in [0.4, 0.5) is 0 Å². The summed E-state index contributed by atoms with van der Waals surface area (Å²) in [5, 5.41) is 1.00. The number of allylic oxidation sites excluding steroid dienone is 2. The molecule has 2 aliphatic rings. The summed E-state index contributed by atoms with van der Waals surface area (Å²) in [6.45, 7) is 3.83. The molecule has 2 aliphatic heterocycles. The first-order valence-corrected chi connectivity index (χ1v) is 10.9. The van der Waals surface area contributed by atoms with Crippen LogP contribution >= 0.6 is 35.7 Å². The van der Waals surface area contributed by atoms with Crippen molar-refractivity contribution < 1.29 is 17.8 Å². The zero-order chi connectivity index (χ0) is 17.0. The highest BCUT2D eigenvalue weighted by Gasteiger charge is 2.30. The summed E-state index contributed by atoms with van der Waals surface area (Å²) >= 11 is 8.13. The minimum atomic E-state index is -3.91. The van der Waals surface area contributed by atoms with Crippen molar-refractivity contribution in [1.29, 1.82) is 0 Å². The third-order valence-corrected chi connectivity index (χ3v) is 6.60. The molecule has 10 heteroatoms. The van der Waals surface area contributed by atoms with Gasteiger partial charge in [-0.1, -0.05) is 24.0 Å². The number of amides is 1. The van der Waals surface area contributed by atoms with E-state index in [0.29, 0.717) is 28.7 Å². The Bertz CT molecular complexity index is 657. The number of nitrogens with zero attached hydrogens (tertiary/aromatic N) is 2. The van der Waals surface area contributed by atoms with E-state index >= 15 is 0 Å². The molecule has 0 aromatic carbocycles. The van der Waals surface area contributed by atoms with E-state index in [0.717, 1.165) is 17.3 Å². The van der Waals surface area contributed by atoms with Gasteiger partial charge in [-0.15, -0.1) is 11.8 Å². The van der Waals surface area contributed by atoms with Crippen molar-refractivity contribution in [3.8, 4) is 0 Å². The predicted octanol–water partition coefficient (Wildman–Crippen LogP) is 1.92. The van der Waals surface area contributed by atoms with Gasteiger partial charge < -0.3 is 4.90 Å². The summed E-state index contributed by atoms with van der Waals surface area (Å²) < 4.78 is 30.9. The van der Waals surface area contributed by atoms with Crippen molar-refractivity contribution >= 4 is 56.1 Å². The molecule has 1 amide bonds. The highest BCUT2D eigenvalue weighted by molar-refractivity contribution is 8.26. The quantitative estimate of drug-likeness (QED) is 0.416. The molecule has 0 atom stereocenters. The van der Waals surface area contributed by atoms with Crippen molar-refractivity contribution in [3.05, 3.63) is 22.1 Å². The smallest absolute Gasteiger partial charge is 0.266 e. The van der Waals surface area contributed by atoms with Crippen LogP contribution in [-0.4, -0.2) is 64.1 Å². The molecule has 2 fully saturated rings. The number of hydrogen-bond acceptors (Lipinski definition) is 7. The zero-order valence-corrected chi connectivity index (χ0v) is 15.9. The third kappa shape index (κ3) is 5.21. The minimum absolute atomic E-state index is 0.0692. The van der Waals surface area contributed by atoms with Gasteiger partial charge in [-0.2, -0.15) is 8.42 Å². The van der Waals surface area contributed by atoms with Crippen LogP contribution in [0.2, 0.25) is 0 Å². The second-order valence-corrected chi connectivity index (χ2v) is 9.29. The Hall–Kier alpha value is -0.550. The monoisotopic (exact) mass is 394 g/mol. The zero-order valence-electron chi connectivity index (χ0n) is 12.6. The third-order valence-electron chi connectivity index (χ3n) is 3.32. The Balaban J connectivity index is 1.99. The maximum absolute atomic E-state index is 12.1. The highest BCUT2D eigenvalue weighted by Crippen LogP contribution is 2.32. The number of hydrogen-bond donors (Lipinski definition) is 1. The van der Waals surface area contributed by atoms with Gasteiger partial charge in [0.25, 0.3) is 16.0 Å². The van der Waals surface area contributed by atoms with Crippen LogP contribution in [0.25, 0.3) is 0 Å². The lowest BCUT2D eigenvalue weighted by molar-refractivity contribution is -0.122. The van der Waals surface area contributed by atoms with Crippen LogP contribution in [0.15, 0.2) is 22.1 Å². The first-order chi connectivity index (χ1) is 10.8. The van der Waals surface area contributed by atoms with Gasteiger partial charge in [-0.05, 0) is 25.5 Å². The maximum atomic E-state index is 12.1. The van der Waals surface area contributed by atoms with Crippen LogP contribution in [0.5, 0.6) is 0 Å². The number of thiocarbonyl (C=S) groups is 1. The Morgan fingerprint density at radius 3 is 2.74 bits per heavy atom. The Kier molecular flexibility index (Phi) is 6.55. The van der Waals surface area contributed by atoms with Crippen LogP contribution in [0.3, 0.4) is 0 Å². The molecule has 0 unspecified atom stereocenters. The van der Waals surface area contributed by atoms with E-state index < -0.39 is 10.1 Å². The first-order valence-electron chi connectivity index (χ1n) is 7.10.